The number of para-hydroxylation sites is 2. The van der Waals surface area contributed by atoms with E-state index >= 15 is 0 Å². The van der Waals surface area contributed by atoms with Gasteiger partial charge in [-0.05, 0) is 24.3 Å². The average Bonchev–Trinajstić information content (AvgIpc) is 2.61. The zero-order valence-electron chi connectivity index (χ0n) is 13.6. The zero-order chi connectivity index (χ0) is 16.7. The van der Waals surface area contributed by atoms with E-state index in [2.05, 4.69) is 10.5 Å². The Labute approximate surface area is 135 Å². The fourth-order valence-electron chi connectivity index (χ4n) is 2.09. The molecule has 0 aliphatic carbocycles. The van der Waals surface area contributed by atoms with Gasteiger partial charge < -0.3 is 18.9 Å². The number of nitrogens with zero attached hydrogens (tertiary/aromatic N) is 1. The Morgan fingerprint density at radius 1 is 0.826 bits per heavy atom. The lowest BCUT2D eigenvalue weighted by Crippen LogP contribution is -1.98. The average molecular weight is 316 g/mol. The molecule has 0 heterocycles. The second-order valence-corrected chi connectivity index (χ2v) is 4.53. The molecule has 6 heteroatoms. The Morgan fingerprint density at radius 2 is 1.43 bits per heavy atom. The van der Waals surface area contributed by atoms with Crippen molar-refractivity contribution in [2.24, 2.45) is 5.10 Å². The molecule has 0 aromatic heterocycles. The lowest BCUT2D eigenvalue weighted by Gasteiger charge is -2.12. The predicted molar refractivity (Wildman–Crippen MR) is 90.3 cm³/mol. The maximum Gasteiger partial charge on any atom is 0.203 e. The van der Waals surface area contributed by atoms with Crippen molar-refractivity contribution in [3.05, 3.63) is 42.0 Å². The first kappa shape index (κ1) is 16.5. The first-order valence-corrected chi connectivity index (χ1v) is 6.95. The third-order valence-electron chi connectivity index (χ3n) is 3.19. The molecule has 23 heavy (non-hydrogen) atoms. The van der Waals surface area contributed by atoms with E-state index in [4.69, 9.17) is 18.9 Å². The molecule has 0 saturated carbocycles. The maximum atomic E-state index is 5.31. The van der Waals surface area contributed by atoms with Crippen LogP contribution in [0.3, 0.4) is 0 Å². The largest absolute Gasteiger partial charge is 0.495 e. The van der Waals surface area contributed by atoms with E-state index in [1.165, 1.54) is 0 Å². The van der Waals surface area contributed by atoms with Crippen molar-refractivity contribution in [3.8, 4) is 23.0 Å². The minimum Gasteiger partial charge on any atom is -0.495 e. The second kappa shape index (κ2) is 7.93. The second-order valence-electron chi connectivity index (χ2n) is 4.53. The van der Waals surface area contributed by atoms with Crippen molar-refractivity contribution < 1.29 is 18.9 Å². The maximum absolute atomic E-state index is 5.31. The van der Waals surface area contributed by atoms with Crippen molar-refractivity contribution in [3.63, 3.8) is 0 Å². The lowest BCUT2D eigenvalue weighted by molar-refractivity contribution is 0.324. The molecule has 0 unspecified atom stereocenters. The van der Waals surface area contributed by atoms with Gasteiger partial charge in [0.1, 0.15) is 5.75 Å². The third-order valence-corrected chi connectivity index (χ3v) is 3.19. The number of ether oxygens (including phenoxy) is 4. The van der Waals surface area contributed by atoms with E-state index in [0.29, 0.717) is 17.2 Å². The molecule has 0 spiro atoms. The van der Waals surface area contributed by atoms with E-state index in [1.54, 1.807) is 34.7 Å². The molecule has 0 radical (unpaired) electrons. The van der Waals surface area contributed by atoms with Gasteiger partial charge in [0.25, 0.3) is 0 Å². The van der Waals surface area contributed by atoms with E-state index in [1.807, 2.05) is 36.4 Å². The Kier molecular flexibility index (Phi) is 5.68. The van der Waals surface area contributed by atoms with Crippen LogP contribution < -0.4 is 24.4 Å². The van der Waals surface area contributed by atoms with Crippen LogP contribution in [0.15, 0.2) is 41.5 Å². The minimum absolute atomic E-state index is 0.546. The molecule has 0 atom stereocenters. The van der Waals surface area contributed by atoms with Gasteiger partial charge in [-0.2, -0.15) is 5.10 Å². The Hall–Kier alpha value is -2.89. The van der Waals surface area contributed by atoms with Crippen molar-refractivity contribution in [2.75, 3.05) is 33.9 Å². The summed E-state index contributed by atoms with van der Waals surface area (Å²) in [6.07, 6.45) is 1.66. The van der Waals surface area contributed by atoms with Crippen LogP contribution in [-0.2, 0) is 0 Å². The Balaban J connectivity index is 2.22. The lowest BCUT2D eigenvalue weighted by atomic mass is 10.2. The van der Waals surface area contributed by atoms with Crippen LogP contribution >= 0.6 is 0 Å². The summed E-state index contributed by atoms with van der Waals surface area (Å²) >= 11 is 0. The number of rotatable bonds is 7. The van der Waals surface area contributed by atoms with Crippen molar-refractivity contribution in [1.29, 1.82) is 0 Å². The molecule has 6 nitrogen and oxygen atoms in total. The van der Waals surface area contributed by atoms with E-state index in [9.17, 15) is 0 Å². The molecule has 0 bridgehead atoms. The molecular formula is C17H20N2O4. The van der Waals surface area contributed by atoms with Crippen LogP contribution in [0.4, 0.5) is 5.69 Å². The highest BCUT2D eigenvalue weighted by Gasteiger charge is 2.12. The number of hydrazone groups is 1. The van der Waals surface area contributed by atoms with Gasteiger partial charge in [-0.25, -0.2) is 0 Å². The van der Waals surface area contributed by atoms with Gasteiger partial charge in [0.2, 0.25) is 5.75 Å². The van der Waals surface area contributed by atoms with Gasteiger partial charge in [0.15, 0.2) is 11.5 Å². The molecule has 0 fully saturated rings. The Morgan fingerprint density at radius 3 is 2.00 bits per heavy atom. The van der Waals surface area contributed by atoms with E-state index in [0.717, 1.165) is 17.0 Å². The van der Waals surface area contributed by atoms with Crippen LogP contribution in [0.5, 0.6) is 23.0 Å². The van der Waals surface area contributed by atoms with Gasteiger partial charge in [-0.3, -0.25) is 5.43 Å². The van der Waals surface area contributed by atoms with Crippen molar-refractivity contribution in [2.45, 2.75) is 0 Å². The zero-order valence-corrected chi connectivity index (χ0v) is 13.6. The monoisotopic (exact) mass is 316 g/mol. The topological polar surface area (TPSA) is 61.3 Å². The predicted octanol–water partition coefficient (Wildman–Crippen LogP) is 3.17. The number of benzene rings is 2. The standard InChI is InChI=1S/C17H20N2O4/c1-20-14-8-6-5-7-13(14)19-18-11-12-9-15(21-2)17(23-4)16(10-12)22-3/h5-11,19H,1-4H3/b18-11+. The van der Waals surface area contributed by atoms with Crippen LogP contribution in [-0.4, -0.2) is 34.7 Å². The van der Waals surface area contributed by atoms with Gasteiger partial charge in [-0.15, -0.1) is 0 Å². The van der Waals surface area contributed by atoms with Crippen LogP contribution in [0.1, 0.15) is 5.56 Å². The SMILES string of the molecule is COc1ccccc1N/N=C/c1cc(OC)c(OC)c(OC)c1. The highest BCUT2D eigenvalue weighted by molar-refractivity contribution is 5.83. The highest BCUT2D eigenvalue weighted by atomic mass is 16.5. The minimum atomic E-state index is 0.546. The summed E-state index contributed by atoms with van der Waals surface area (Å²) in [5, 5.41) is 4.22. The summed E-state index contributed by atoms with van der Waals surface area (Å²) in [7, 11) is 6.33. The van der Waals surface area contributed by atoms with Crippen LogP contribution in [0.2, 0.25) is 0 Å². The molecule has 0 amide bonds. The molecule has 122 valence electrons. The summed E-state index contributed by atoms with van der Waals surface area (Å²) in [6.45, 7) is 0. The summed E-state index contributed by atoms with van der Waals surface area (Å²) in [5.74, 6) is 2.41. The molecule has 0 saturated heterocycles. The van der Waals surface area contributed by atoms with E-state index < -0.39 is 0 Å². The number of hydrogen-bond donors (Lipinski definition) is 1. The van der Waals surface area contributed by atoms with E-state index in [-0.39, 0.29) is 0 Å². The number of anilines is 1. The van der Waals surface area contributed by atoms with Crippen molar-refractivity contribution in [1.82, 2.24) is 0 Å². The van der Waals surface area contributed by atoms with Crippen LogP contribution in [0, 0.1) is 0 Å². The fourth-order valence-corrected chi connectivity index (χ4v) is 2.09. The van der Waals surface area contributed by atoms with Gasteiger partial charge in [-0.1, -0.05) is 12.1 Å². The van der Waals surface area contributed by atoms with Gasteiger partial charge in [0.05, 0.1) is 40.3 Å². The summed E-state index contributed by atoms with van der Waals surface area (Å²) in [4.78, 5) is 0. The highest BCUT2D eigenvalue weighted by Crippen LogP contribution is 2.37. The number of hydrogen-bond acceptors (Lipinski definition) is 6. The summed E-state index contributed by atoms with van der Waals surface area (Å²) in [6, 6.07) is 11.2. The normalized spacial score (nSPS) is 10.4. The Bertz CT molecular complexity index is 661. The smallest absolute Gasteiger partial charge is 0.203 e. The number of methoxy groups -OCH3 is 4. The molecule has 2 aromatic carbocycles. The third kappa shape index (κ3) is 3.85. The van der Waals surface area contributed by atoms with Crippen LogP contribution in [0.25, 0.3) is 0 Å². The molecule has 0 aliphatic rings. The molecule has 1 N–H and O–H groups in total. The van der Waals surface area contributed by atoms with Crippen molar-refractivity contribution >= 4 is 11.9 Å². The summed E-state index contributed by atoms with van der Waals surface area (Å²) in [5.41, 5.74) is 4.53. The molecular weight excluding hydrogens is 296 g/mol. The quantitative estimate of drug-likeness (QED) is 0.628. The number of nitrogens with one attached hydrogen (secondary N) is 1. The molecule has 0 aliphatic heterocycles. The molecule has 2 aromatic rings. The van der Waals surface area contributed by atoms with Gasteiger partial charge >= 0.3 is 0 Å². The van der Waals surface area contributed by atoms with Gasteiger partial charge in [0, 0.05) is 5.56 Å². The fraction of sp³-hybridized carbons (Fsp3) is 0.235. The molecule has 2 rings (SSSR count). The first-order valence-electron chi connectivity index (χ1n) is 6.95. The summed E-state index contributed by atoms with van der Waals surface area (Å²) < 4.78 is 21.2. The first-order chi connectivity index (χ1) is 11.2.